The molecule has 0 fully saturated rings. The maximum absolute atomic E-state index is 12.5. The third kappa shape index (κ3) is 33.7. The number of nitrogens with one attached hydrogen (secondary N) is 1. The molecule has 2 atom stereocenters. The molecule has 0 bridgehead atoms. The molecule has 1 amide bonds. The first-order chi connectivity index (χ1) is 21.8. The summed E-state index contributed by atoms with van der Waals surface area (Å²) in [6, 6.07) is -1.06. The van der Waals surface area contributed by atoms with Gasteiger partial charge < -0.3 is 10.4 Å². The van der Waals surface area contributed by atoms with E-state index < -0.39 is 28.0 Å². The van der Waals surface area contributed by atoms with Gasteiger partial charge in [0, 0.05) is 6.42 Å². The van der Waals surface area contributed by atoms with Gasteiger partial charge in [0.05, 0.1) is 17.9 Å². The number of allylic oxidation sites excluding steroid dienone is 5. The van der Waals surface area contributed by atoms with Crippen LogP contribution in [0, 0.1) is 0 Å². The summed E-state index contributed by atoms with van der Waals surface area (Å²) in [5.41, 5.74) is 0. The summed E-state index contributed by atoms with van der Waals surface area (Å²) in [4.78, 5) is 12.5. The highest BCUT2D eigenvalue weighted by Gasteiger charge is 2.24. The van der Waals surface area contributed by atoms with E-state index >= 15 is 0 Å². The van der Waals surface area contributed by atoms with Gasteiger partial charge >= 0.3 is 0 Å². The molecule has 3 N–H and O–H groups in total. The predicted octanol–water partition coefficient (Wildman–Crippen LogP) is 10.6. The molecule has 0 rings (SSSR count). The highest BCUT2D eigenvalue weighted by molar-refractivity contribution is 7.85. The molecule has 0 aromatic carbocycles. The molecular formula is C38H71NO5S. The predicted molar refractivity (Wildman–Crippen MR) is 193 cm³/mol. The Kier molecular flexibility index (Phi) is 31.5. The molecule has 0 aliphatic rings. The van der Waals surface area contributed by atoms with Crippen LogP contribution in [0.1, 0.15) is 181 Å². The summed E-state index contributed by atoms with van der Waals surface area (Å²) < 4.78 is 32.3. The van der Waals surface area contributed by atoms with Crippen LogP contribution in [-0.4, -0.2) is 41.9 Å². The fourth-order valence-electron chi connectivity index (χ4n) is 5.48. The molecule has 45 heavy (non-hydrogen) atoms. The maximum atomic E-state index is 12.5. The average Bonchev–Trinajstić information content (AvgIpc) is 3.00. The van der Waals surface area contributed by atoms with Crippen molar-refractivity contribution < 1.29 is 22.9 Å². The van der Waals surface area contributed by atoms with Crippen molar-refractivity contribution >= 4 is 16.0 Å². The van der Waals surface area contributed by atoms with Crippen LogP contribution in [0.3, 0.4) is 0 Å². The lowest BCUT2D eigenvalue weighted by molar-refractivity contribution is -0.122. The molecular weight excluding hydrogens is 582 g/mol. The van der Waals surface area contributed by atoms with Gasteiger partial charge in [-0.3, -0.25) is 9.35 Å². The highest BCUT2D eigenvalue weighted by Crippen LogP contribution is 2.13. The summed E-state index contributed by atoms with van der Waals surface area (Å²) >= 11 is 0. The van der Waals surface area contributed by atoms with Crippen molar-refractivity contribution in [1.29, 1.82) is 0 Å². The summed E-state index contributed by atoms with van der Waals surface area (Å²) in [5, 5.41) is 13.2. The largest absolute Gasteiger partial charge is 0.387 e. The molecule has 0 spiro atoms. The van der Waals surface area contributed by atoms with Crippen molar-refractivity contribution in [2.75, 3.05) is 5.75 Å². The van der Waals surface area contributed by atoms with E-state index in [4.69, 9.17) is 0 Å². The summed E-state index contributed by atoms with van der Waals surface area (Å²) in [6.45, 7) is 4.47. The van der Waals surface area contributed by atoms with Crippen LogP contribution in [-0.2, 0) is 14.9 Å². The van der Waals surface area contributed by atoms with Crippen molar-refractivity contribution in [3.8, 4) is 0 Å². The fraction of sp³-hybridized carbons (Fsp3) is 0.816. The van der Waals surface area contributed by atoms with E-state index in [9.17, 15) is 22.9 Å². The smallest absolute Gasteiger partial charge is 0.267 e. The Bertz CT molecular complexity index is 852. The second-order valence-corrected chi connectivity index (χ2v) is 14.4. The Balaban J connectivity index is 3.93. The molecule has 0 aliphatic carbocycles. The van der Waals surface area contributed by atoms with E-state index in [0.717, 1.165) is 44.9 Å². The first-order valence-corrected chi connectivity index (χ1v) is 20.3. The van der Waals surface area contributed by atoms with Crippen molar-refractivity contribution in [3.63, 3.8) is 0 Å². The lowest BCUT2D eigenvalue weighted by Crippen LogP contribution is -2.46. The Hall–Kier alpha value is -1.44. The number of aliphatic hydroxyl groups excluding tert-OH is 1. The Morgan fingerprint density at radius 3 is 1.49 bits per heavy atom. The molecule has 0 aromatic heterocycles. The third-order valence-corrected chi connectivity index (χ3v) is 9.09. The summed E-state index contributed by atoms with van der Waals surface area (Å²) in [7, 11) is -4.34. The second kappa shape index (κ2) is 32.5. The molecule has 0 radical (unpaired) electrons. The number of hydrogen-bond acceptors (Lipinski definition) is 4. The van der Waals surface area contributed by atoms with Crippen LogP contribution in [0.25, 0.3) is 0 Å². The van der Waals surface area contributed by atoms with Gasteiger partial charge in [-0.2, -0.15) is 8.42 Å². The minimum Gasteiger partial charge on any atom is -0.387 e. The zero-order valence-corrected chi connectivity index (χ0v) is 30.1. The molecule has 2 unspecified atom stereocenters. The van der Waals surface area contributed by atoms with Crippen molar-refractivity contribution in [2.45, 2.75) is 193 Å². The Morgan fingerprint density at radius 2 is 1.00 bits per heavy atom. The summed E-state index contributed by atoms with van der Waals surface area (Å²) in [5.74, 6) is -0.984. The second-order valence-electron chi connectivity index (χ2n) is 12.9. The molecule has 0 aromatic rings. The lowest BCUT2D eigenvalue weighted by atomic mass is 10.0. The fourth-order valence-corrected chi connectivity index (χ4v) is 6.21. The van der Waals surface area contributed by atoms with Gasteiger partial charge in [-0.25, -0.2) is 0 Å². The van der Waals surface area contributed by atoms with Crippen molar-refractivity contribution in [2.24, 2.45) is 0 Å². The van der Waals surface area contributed by atoms with Gasteiger partial charge in [-0.1, -0.05) is 159 Å². The maximum Gasteiger partial charge on any atom is 0.267 e. The van der Waals surface area contributed by atoms with E-state index in [1.807, 2.05) is 6.08 Å². The Labute approximate surface area is 278 Å². The van der Waals surface area contributed by atoms with E-state index in [2.05, 4.69) is 43.5 Å². The molecule has 264 valence electrons. The molecule has 7 heteroatoms. The van der Waals surface area contributed by atoms with Crippen LogP contribution in [0.4, 0.5) is 0 Å². The summed E-state index contributed by atoms with van der Waals surface area (Å²) in [6.07, 6.45) is 41.2. The van der Waals surface area contributed by atoms with E-state index in [0.29, 0.717) is 6.42 Å². The SMILES string of the molecule is CCCCC/C=C\C/C=C\CCCCCCCCCCCC(=O)NC(CS(=O)(=O)O)C(O)/C=C/CCCCCCCCCCC. The monoisotopic (exact) mass is 654 g/mol. The van der Waals surface area contributed by atoms with Crippen LogP contribution in [0.5, 0.6) is 0 Å². The minimum atomic E-state index is -4.34. The Morgan fingerprint density at radius 1 is 0.600 bits per heavy atom. The van der Waals surface area contributed by atoms with Gasteiger partial charge in [0.2, 0.25) is 5.91 Å². The minimum absolute atomic E-state index is 0.285. The number of rotatable bonds is 33. The average molecular weight is 654 g/mol. The van der Waals surface area contributed by atoms with Crippen molar-refractivity contribution in [1.82, 2.24) is 5.32 Å². The quantitative estimate of drug-likeness (QED) is 0.0371. The zero-order chi connectivity index (χ0) is 33.3. The van der Waals surface area contributed by atoms with Crippen LogP contribution >= 0.6 is 0 Å². The normalized spacial score (nSPS) is 13.8. The van der Waals surface area contributed by atoms with Gasteiger partial charge in [0.1, 0.15) is 0 Å². The third-order valence-electron chi connectivity index (χ3n) is 8.31. The van der Waals surface area contributed by atoms with Gasteiger partial charge in [0.25, 0.3) is 10.1 Å². The van der Waals surface area contributed by atoms with Gasteiger partial charge in [-0.15, -0.1) is 0 Å². The van der Waals surface area contributed by atoms with Gasteiger partial charge in [0.15, 0.2) is 0 Å². The number of aliphatic hydroxyl groups is 1. The van der Waals surface area contributed by atoms with Crippen LogP contribution in [0.15, 0.2) is 36.5 Å². The first-order valence-electron chi connectivity index (χ1n) is 18.7. The van der Waals surface area contributed by atoms with E-state index in [1.165, 1.54) is 116 Å². The number of unbranched alkanes of at least 4 members (excludes halogenated alkanes) is 21. The first kappa shape index (κ1) is 43.6. The number of carbonyl (C=O) groups excluding carboxylic acids is 1. The number of carbonyl (C=O) groups is 1. The number of hydrogen-bond donors (Lipinski definition) is 3. The highest BCUT2D eigenvalue weighted by atomic mass is 32.2. The molecule has 0 heterocycles. The topological polar surface area (TPSA) is 104 Å². The number of amides is 1. The van der Waals surface area contributed by atoms with E-state index in [1.54, 1.807) is 6.08 Å². The molecule has 0 saturated heterocycles. The van der Waals surface area contributed by atoms with Crippen LogP contribution in [0.2, 0.25) is 0 Å². The van der Waals surface area contributed by atoms with Gasteiger partial charge in [-0.05, 0) is 51.4 Å². The molecule has 0 aliphatic heterocycles. The zero-order valence-electron chi connectivity index (χ0n) is 29.2. The van der Waals surface area contributed by atoms with Crippen LogP contribution < -0.4 is 5.32 Å². The molecule has 0 saturated carbocycles. The van der Waals surface area contributed by atoms with E-state index in [-0.39, 0.29) is 5.91 Å². The standard InChI is InChI=1S/C38H71NO5S/c1-3-5-7-9-11-13-15-16-17-18-19-20-21-22-24-26-28-30-32-34-38(41)39-36(35-45(42,43)44)37(40)33-31-29-27-25-23-14-12-10-8-6-4-2/h11,13,16-17,31,33,36-37,40H,3-10,12,14-15,18-30,32,34-35H2,1-2H3,(H,39,41)(H,42,43,44)/b13-11-,17-16-,33-31+. The lowest BCUT2D eigenvalue weighted by Gasteiger charge is -2.21. The molecule has 6 nitrogen and oxygen atoms in total. The van der Waals surface area contributed by atoms with Crippen molar-refractivity contribution in [3.05, 3.63) is 36.5 Å².